The van der Waals surface area contributed by atoms with Crippen molar-refractivity contribution in [3.8, 4) is 0 Å². The third-order valence-corrected chi connectivity index (χ3v) is 1.93. The highest BCUT2D eigenvalue weighted by atomic mass is 16.5. The second-order valence-electron chi connectivity index (χ2n) is 2.99. The van der Waals surface area contributed by atoms with E-state index in [-0.39, 0.29) is 11.6 Å². The number of carboxylic acid groups (broad SMARTS) is 1. The van der Waals surface area contributed by atoms with Crippen molar-refractivity contribution in [1.29, 1.82) is 0 Å². The lowest BCUT2D eigenvalue weighted by Crippen LogP contribution is -2.16. The number of hydrogen-bond donors (Lipinski definition) is 2. The van der Waals surface area contributed by atoms with Gasteiger partial charge in [-0.1, -0.05) is 12.1 Å². The Morgan fingerprint density at radius 2 is 2.07 bits per heavy atom. The van der Waals surface area contributed by atoms with Gasteiger partial charge < -0.3 is 15.6 Å². The fraction of sp³-hybridized carbons (Fsp3) is 0.300. The van der Waals surface area contributed by atoms with Crippen LogP contribution in [0.5, 0.6) is 0 Å². The maximum absolute atomic E-state index is 10.6. The van der Waals surface area contributed by atoms with Crippen molar-refractivity contribution in [2.45, 2.75) is 6.04 Å². The smallest absolute Gasteiger partial charge is 0.335 e. The average molecular weight is 195 g/mol. The number of aromatic carboxylic acids is 1. The lowest BCUT2D eigenvalue weighted by molar-refractivity contribution is 0.0697. The summed E-state index contributed by atoms with van der Waals surface area (Å²) in [6.45, 7) is 0.423. The molecule has 0 unspecified atom stereocenters. The molecule has 0 fully saturated rings. The summed E-state index contributed by atoms with van der Waals surface area (Å²) in [6, 6.07) is 6.27. The maximum Gasteiger partial charge on any atom is 0.335 e. The van der Waals surface area contributed by atoms with E-state index in [1.54, 1.807) is 19.2 Å². The first-order valence-electron chi connectivity index (χ1n) is 4.23. The summed E-state index contributed by atoms with van der Waals surface area (Å²) in [7, 11) is 1.57. The van der Waals surface area contributed by atoms with E-state index >= 15 is 0 Å². The van der Waals surface area contributed by atoms with Crippen LogP contribution in [0, 0.1) is 0 Å². The summed E-state index contributed by atoms with van der Waals surface area (Å²) in [5.74, 6) is -0.933. The molecule has 0 spiro atoms. The first-order chi connectivity index (χ1) is 6.65. The van der Waals surface area contributed by atoms with Gasteiger partial charge in [-0.15, -0.1) is 0 Å². The minimum Gasteiger partial charge on any atom is -0.478 e. The van der Waals surface area contributed by atoms with E-state index in [9.17, 15) is 4.79 Å². The zero-order valence-corrected chi connectivity index (χ0v) is 7.93. The fourth-order valence-electron chi connectivity index (χ4n) is 1.15. The summed E-state index contributed by atoms with van der Waals surface area (Å²) in [4.78, 5) is 10.6. The van der Waals surface area contributed by atoms with E-state index < -0.39 is 5.97 Å². The van der Waals surface area contributed by atoms with E-state index in [4.69, 9.17) is 15.6 Å². The summed E-state index contributed by atoms with van der Waals surface area (Å²) in [5, 5.41) is 8.66. The van der Waals surface area contributed by atoms with Crippen molar-refractivity contribution in [3.63, 3.8) is 0 Å². The highest BCUT2D eigenvalue weighted by Crippen LogP contribution is 2.11. The lowest BCUT2D eigenvalue weighted by atomic mass is 10.1. The topological polar surface area (TPSA) is 72.5 Å². The minimum absolute atomic E-state index is 0.206. The molecule has 0 aliphatic heterocycles. The Labute approximate surface area is 82.3 Å². The first kappa shape index (κ1) is 10.7. The molecular weight excluding hydrogens is 182 g/mol. The maximum atomic E-state index is 10.6. The summed E-state index contributed by atoms with van der Waals surface area (Å²) in [6.07, 6.45) is 0. The van der Waals surface area contributed by atoms with Crippen LogP contribution in [0.3, 0.4) is 0 Å². The van der Waals surface area contributed by atoms with Crippen LogP contribution in [0.15, 0.2) is 24.3 Å². The second kappa shape index (κ2) is 4.74. The number of carbonyl (C=O) groups is 1. The SMILES string of the molecule is COC[C@H](N)c1ccc(C(=O)O)cc1. The van der Waals surface area contributed by atoms with Gasteiger partial charge in [-0.3, -0.25) is 0 Å². The number of benzene rings is 1. The molecule has 0 radical (unpaired) electrons. The van der Waals surface area contributed by atoms with Gasteiger partial charge in [0, 0.05) is 7.11 Å². The Hall–Kier alpha value is -1.39. The number of nitrogens with two attached hydrogens (primary N) is 1. The van der Waals surface area contributed by atoms with Gasteiger partial charge in [0.25, 0.3) is 0 Å². The number of rotatable bonds is 4. The van der Waals surface area contributed by atoms with Gasteiger partial charge in [0.2, 0.25) is 0 Å². The first-order valence-corrected chi connectivity index (χ1v) is 4.23. The molecule has 1 aromatic rings. The highest BCUT2D eigenvalue weighted by molar-refractivity contribution is 5.87. The van der Waals surface area contributed by atoms with Crippen LogP contribution in [-0.2, 0) is 4.74 Å². The molecule has 0 saturated heterocycles. The quantitative estimate of drug-likeness (QED) is 0.752. The van der Waals surface area contributed by atoms with Gasteiger partial charge in [-0.2, -0.15) is 0 Å². The van der Waals surface area contributed by atoms with Crippen molar-refractivity contribution in [2.24, 2.45) is 5.73 Å². The summed E-state index contributed by atoms with van der Waals surface area (Å²) >= 11 is 0. The highest BCUT2D eigenvalue weighted by Gasteiger charge is 2.06. The van der Waals surface area contributed by atoms with Crippen LogP contribution in [0.4, 0.5) is 0 Å². The van der Waals surface area contributed by atoms with Gasteiger partial charge in [0.05, 0.1) is 18.2 Å². The zero-order chi connectivity index (χ0) is 10.6. The monoisotopic (exact) mass is 195 g/mol. The molecule has 0 aliphatic carbocycles. The molecule has 4 nitrogen and oxygen atoms in total. The Kier molecular flexibility index (Phi) is 3.62. The number of ether oxygens (including phenoxy) is 1. The molecular formula is C10H13NO3. The lowest BCUT2D eigenvalue weighted by Gasteiger charge is -2.10. The van der Waals surface area contributed by atoms with E-state index in [2.05, 4.69) is 0 Å². The Balaban J connectivity index is 2.77. The zero-order valence-electron chi connectivity index (χ0n) is 7.93. The van der Waals surface area contributed by atoms with Crippen LogP contribution >= 0.6 is 0 Å². The third-order valence-electron chi connectivity index (χ3n) is 1.93. The molecule has 1 aromatic carbocycles. The molecule has 1 atom stereocenters. The number of carboxylic acids is 1. The van der Waals surface area contributed by atoms with Crippen molar-refractivity contribution >= 4 is 5.97 Å². The normalized spacial score (nSPS) is 12.4. The molecule has 0 saturated carbocycles. The van der Waals surface area contributed by atoms with Gasteiger partial charge in [0.15, 0.2) is 0 Å². The van der Waals surface area contributed by atoms with Crippen molar-refractivity contribution in [3.05, 3.63) is 35.4 Å². The van der Waals surface area contributed by atoms with Gasteiger partial charge in [0.1, 0.15) is 0 Å². The van der Waals surface area contributed by atoms with E-state index in [0.717, 1.165) is 5.56 Å². The number of hydrogen-bond acceptors (Lipinski definition) is 3. The predicted molar refractivity (Wildman–Crippen MR) is 52.2 cm³/mol. The largest absolute Gasteiger partial charge is 0.478 e. The van der Waals surface area contributed by atoms with Crippen molar-refractivity contribution in [1.82, 2.24) is 0 Å². The summed E-state index contributed by atoms with van der Waals surface area (Å²) in [5.41, 5.74) is 6.89. The molecule has 0 bridgehead atoms. The van der Waals surface area contributed by atoms with Crippen LogP contribution in [0.1, 0.15) is 22.0 Å². The molecule has 0 heterocycles. The van der Waals surface area contributed by atoms with Crippen LogP contribution < -0.4 is 5.73 Å². The minimum atomic E-state index is -0.933. The van der Waals surface area contributed by atoms with Gasteiger partial charge in [-0.05, 0) is 17.7 Å². The molecule has 14 heavy (non-hydrogen) atoms. The standard InChI is InChI=1S/C10H13NO3/c1-14-6-9(11)7-2-4-8(5-3-7)10(12)13/h2-5,9H,6,11H2,1H3,(H,12,13)/t9-/m0/s1. The number of methoxy groups -OCH3 is 1. The molecule has 0 amide bonds. The molecule has 76 valence electrons. The Bertz CT molecular complexity index is 308. The second-order valence-corrected chi connectivity index (χ2v) is 2.99. The molecule has 0 aliphatic rings. The predicted octanol–water partition coefficient (Wildman–Crippen LogP) is 1.03. The average Bonchev–Trinajstić information content (AvgIpc) is 2.18. The Morgan fingerprint density at radius 1 is 1.50 bits per heavy atom. The van der Waals surface area contributed by atoms with Crippen LogP contribution in [0.2, 0.25) is 0 Å². The van der Waals surface area contributed by atoms with Crippen molar-refractivity contribution in [2.75, 3.05) is 13.7 Å². The Morgan fingerprint density at radius 3 is 2.50 bits per heavy atom. The fourth-order valence-corrected chi connectivity index (χ4v) is 1.15. The molecule has 4 heteroatoms. The molecule has 3 N–H and O–H groups in total. The third kappa shape index (κ3) is 2.55. The van der Waals surface area contributed by atoms with Crippen LogP contribution in [-0.4, -0.2) is 24.8 Å². The van der Waals surface area contributed by atoms with Gasteiger partial charge >= 0.3 is 5.97 Å². The van der Waals surface area contributed by atoms with Crippen molar-refractivity contribution < 1.29 is 14.6 Å². The molecule has 1 rings (SSSR count). The summed E-state index contributed by atoms with van der Waals surface area (Å²) < 4.78 is 4.89. The van der Waals surface area contributed by atoms with E-state index in [1.807, 2.05) is 0 Å². The molecule has 0 aromatic heterocycles. The van der Waals surface area contributed by atoms with E-state index in [0.29, 0.717) is 6.61 Å². The van der Waals surface area contributed by atoms with Gasteiger partial charge in [-0.25, -0.2) is 4.79 Å². The van der Waals surface area contributed by atoms with Crippen LogP contribution in [0.25, 0.3) is 0 Å². The van der Waals surface area contributed by atoms with E-state index in [1.165, 1.54) is 12.1 Å².